The minimum atomic E-state index is -4.55. The average molecular weight is 565 g/mol. The lowest BCUT2D eigenvalue weighted by Gasteiger charge is -2.29. The number of alkyl halides is 3. The number of anilines is 1. The van der Waals surface area contributed by atoms with Gasteiger partial charge in [-0.05, 0) is 74.4 Å². The minimum Gasteiger partial charge on any atom is -0.493 e. The standard InChI is InChI=1S/C28H32ClF3N4O3/c1-16-25(18-7-12-23(38-3)24(13-18)39-4)26(36(2)35-16)33-15-17-5-9-20(10-6-17)34-27(37)21-14-19(28(30,31)32)8-11-22(21)29/h7-8,11-14,17,20,33H,5-6,9-10,15H2,1-4H3,(H,34,37). The van der Waals surface area contributed by atoms with E-state index in [4.69, 9.17) is 21.1 Å². The summed E-state index contributed by atoms with van der Waals surface area (Å²) < 4.78 is 51.9. The lowest BCUT2D eigenvalue weighted by molar-refractivity contribution is -0.137. The number of carbonyl (C=O) groups excluding carboxylic acids is 1. The molecule has 0 atom stereocenters. The van der Waals surface area contributed by atoms with Crippen LogP contribution in [0.1, 0.15) is 47.3 Å². The van der Waals surface area contributed by atoms with Gasteiger partial charge in [-0.25, -0.2) is 0 Å². The van der Waals surface area contributed by atoms with Crippen LogP contribution in [0.15, 0.2) is 36.4 Å². The van der Waals surface area contributed by atoms with Crippen LogP contribution in [-0.2, 0) is 13.2 Å². The van der Waals surface area contributed by atoms with Gasteiger partial charge in [0.05, 0.1) is 36.1 Å². The van der Waals surface area contributed by atoms with Gasteiger partial charge >= 0.3 is 6.18 Å². The van der Waals surface area contributed by atoms with Gasteiger partial charge < -0.3 is 20.1 Å². The summed E-state index contributed by atoms with van der Waals surface area (Å²) in [6, 6.07) is 8.43. The molecule has 0 aliphatic heterocycles. The van der Waals surface area contributed by atoms with E-state index in [9.17, 15) is 18.0 Å². The fraction of sp³-hybridized carbons (Fsp3) is 0.429. The van der Waals surface area contributed by atoms with Gasteiger partial charge in [-0.3, -0.25) is 9.48 Å². The first-order chi connectivity index (χ1) is 18.5. The maximum atomic E-state index is 13.1. The molecule has 4 rings (SSSR count). The number of halogens is 4. The van der Waals surface area contributed by atoms with Gasteiger partial charge in [0.25, 0.3) is 5.91 Å². The van der Waals surface area contributed by atoms with E-state index in [2.05, 4.69) is 15.7 Å². The first kappa shape index (κ1) is 28.6. The van der Waals surface area contributed by atoms with Crippen LogP contribution >= 0.6 is 11.6 Å². The van der Waals surface area contributed by atoms with E-state index in [1.807, 2.05) is 36.9 Å². The molecule has 1 aliphatic carbocycles. The van der Waals surface area contributed by atoms with Crippen LogP contribution in [0.2, 0.25) is 5.02 Å². The first-order valence-electron chi connectivity index (χ1n) is 12.7. The molecule has 1 heterocycles. The van der Waals surface area contributed by atoms with Gasteiger partial charge in [0, 0.05) is 25.2 Å². The van der Waals surface area contributed by atoms with Gasteiger partial charge in [0.2, 0.25) is 0 Å². The van der Waals surface area contributed by atoms with Gasteiger partial charge in [-0.1, -0.05) is 17.7 Å². The Morgan fingerprint density at radius 2 is 1.77 bits per heavy atom. The monoisotopic (exact) mass is 564 g/mol. The van der Waals surface area contributed by atoms with Crippen molar-refractivity contribution < 1.29 is 27.4 Å². The van der Waals surface area contributed by atoms with Crippen LogP contribution in [0.25, 0.3) is 11.1 Å². The lowest BCUT2D eigenvalue weighted by Crippen LogP contribution is -2.38. The summed E-state index contributed by atoms with van der Waals surface area (Å²) in [5.41, 5.74) is 1.76. The summed E-state index contributed by atoms with van der Waals surface area (Å²) in [7, 11) is 5.09. The molecule has 7 nitrogen and oxygen atoms in total. The smallest absolute Gasteiger partial charge is 0.416 e. The molecule has 39 heavy (non-hydrogen) atoms. The summed E-state index contributed by atoms with van der Waals surface area (Å²) in [6.45, 7) is 2.68. The molecule has 1 aliphatic rings. The fourth-order valence-electron chi connectivity index (χ4n) is 5.09. The number of amides is 1. The van der Waals surface area contributed by atoms with E-state index < -0.39 is 17.6 Å². The van der Waals surface area contributed by atoms with Crippen LogP contribution in [0.5, 0.6) is 11.5 Å². The van der Waals surface area contributed by atoms with Crippen molar-refractivity contribution in [1.82, 2.24) is 15.1 Å². The molecule has 0 bridgehead atoms. The summed E-state index contributed by atoms with van der Waals surface area (Å²) in [4.78, 5) is 12.7. The molecular weight excluding hydrogens is 533 g/mol. The lowest BCUT2D eigenvalue weighted by atomic mass is 9.85. The Kier molecular flexibility index (Phi) is 8.64. The Bertz CT molecular complexity index is 1330. The molecule has 11 heteroatoms. The number of hydrogen-bond acceptors (Lipinski definition) is 5. The minimum absolute atomic E-state index is 0.00450. The number of aromatic nitrogens is 2. The number of methoxy groups -OCH3 is 2. The first-order valence-corrected chi connectivity index (χ1v) is 13.1. The topological polar surface area (TPSA) is 77.4 Å². The van der Waals surface area contributed by atoms with E-state index in [0.717, 1.165) is 73.1 Å². The van der Waals surface area contributed by atoms with Gasteiger partial charge in [0.15, 0.2) is 11.5 Å². The fourth-order valence-corrected chi connectivity index (χ4v) is 5.29. The molecule has 2 N–H and O–H groups in total. The largest absolute Gasteiger partial charge is 0.493 e. The zero-order valence-electron chi connectivity index (χ0n) is 22.3. The Balaban J connectivity index is 1.37. The van der Waals surface area contributed by atoms with Crippen molar-refractivity contribution in [3.63, 3.8) is 0 Å². The van der Waals surface area contributed by atoms with E-state index in [1.54, 1.807) is 14.2 Å². The van der Waals surface area contributed by atoms with Crippen molar-refractivity contribution in [2.45, 2.75) is 44.8 Å². The average Bonchev–Trinajstić information content (AvgIpc) is 3.19. The summed E-state index contributed by atoms with van der Waals surface area (Å²) >= 11 is 6.03. The van der Waals surface area contributed by atoms with Crippen molar-refractivity contribution in [3.8, 4) is 22.6 Å². The highest BCUT2D eigenvalue weighted by molar-refractivity contribution is 6.33. The molecule has 0 spiro atoms. The SMILES string of the molecule is COc1ccc(-c2c(C)nn(C)c2NCC2CCC(NC(=O)c3cc(C(F)(F)F)ccc3Cl)CC2)cc1OC. The Morgan fingerprint density at radius 1 is 1.08 bits per heavy atom. The molecule has 0 radical (unpaired) electrons. The Labute approximate surface area is 230 Å². The molecule has 0 unspecified atom stereocenters. The number of benzene rings is 2. The molecule has 3 aromatic rings. The molecule has 1 fully saturated rings. The molecular formula is C28H32ClF3N4O3. The normalized spacial score (nSPS) is 17.5. The highest BCUT2D eigenvalue weighted by Crippen LogP contribution is 2.38. The Morgan fingerprint density at radius 3 is 2.41 bits per heavy atom. The number of nitrogens with one attached hydrogen (secondary N) is 2. The van der Waals surface area contributed by atoms with E-state index in [1.165, 1.54) is 0 Å². The maximum absolute atomic E-state index is 13.1. The maximum Gasteiger partial charge on any atom is 0.416 e. The molecule has 1 aromatic heterocycles. The second-order valence-electron chi connectivity index (χ2n) is 9.77. The highest BCUT2D eigenvalue weighted by Gasteiger charge is 2.32. The molecule has 210 valence electrons. The highest BCUT2D eigenvalue weighted by atomic mass is 35.5. The number of ether oxygens (including phenoxy) is 2. The van der Waals surface area contributed by atoms with Crippen molar-refractivity contribution in [3.05, 3.63) is 58.2 Å². The molecule has 0 saturated heterocycles. The summed E-state index contributed by atoms with van der Waals surface area (Å²) in [6.07, 6.45) is -1.38. The van der Waals surface area contributed by atoms with Crippen LogP contribution in [0.3, 0.4) is 0 Å². The number of carbonyl (C=O) groups is 1. The van der Waals surface area contributed by atoms with Crippen molar-refractivity contribution in [1.29, 1.82) is 0 Å². The van der Waals surface area contributed by atoms with Crippen LogP contribution < -0.4 is 20.1 Å². The molecule has 1 saturated carbocycles. The third kappa shape index (κ3) is 6.43. The third-order valence-corrected chi connectivity index (χ3v) is 7.50. The Hall–Kier alpha value is -3.40. The molecule has 2 aromatic carbocycles. The second kappa shape index (κ2) is 11.8. The van der Waals surface area contributed by atoms with E-state index in [-0.39, 0.29) is 16.6 Å². The second-order valence-corrected chi connectivity index (χ2v) is 10.2. The van der Waals surface area contributed by atoms with E-state index in [0.29, 0.717) is 17.4 Å². The quantitative estimate of drug-likeness (QED) is 0.327. The van der Waals surface area contributed by atoms with Crippen LogP contribution in [0.4, 0.5) is 19.0 Å². The van der Waals surface area contributed by atoms with Gasteiger partial charge in [-0.2, -0.15) is 18.3 Å². The number of rotatable bonds is 8. The number of aryl methyl sites for hydroxylation is 2. The predicted molar refractivity (Wildman–Crippen MR) is 145 cm³/mol. The zero-order chi connectivity index (χ0) is 28.3. The van der Waals surface area contributed by atoms with E-state index >= 15 is 0 Å². The molecule has 1 amide bonds. The van der Waals surface area contributed by atoms with Crippen molar-refractivity contribution in [2.75, 3.05) is 26.1 Å². The number of nitrogens with zero attached hydrogens (tertiary/aromatic N) is 2. The van der Waals surface area contributed by atoms with Crippen molar-refractivity contribution >= 4 is 23.3 Å². The van der Waals surface area contributed by atoms with Crippen LogP contribution in [0, 0.1) is 12.8 Å². The van der Waals surface area contributed by atoms with Crippen molar-refractivity contribution in [2.24, 2.45) is 13.0 Å². The van der Waals surface area contributed by atoms with Crippen LogP contribution in [-0.4, -0.2) is 42.5 Å². The van der Waals surface area contributed by atoms with Gasteiger partial charge in [-0.15, -0.1) is 0 Å². The zero-order valence-corrected chi connectivity index (χ0v) is 23.0. The number of hydrogen-bond donors (Lipinski definition) is 2. The predicted octanol–water partition coefficient (Wildman–Crippen LogP) is 6.49. The summed E-state index contributed by atoms with van der Waals surface area (Å²) in [5.74, 6) is 1.96. The third-order valence-electron chi connectivity index (χ3n) is 7.17. The van der Waals surface area contributed by atoms with Gasteiger partial charge in [0.1, 0.15) is 5.82 Å². The summed E-state index contributed by atoms with van der Waals surface area (Å²) in [5, 5.41) is 11.0.